The first kappa shape index (κ1) is 10.8. The maximum absolute atomic E-state index is 13.7. The van der Waals surface area contributed by atoms with E-state index in [1.807, 2.05) is 30.3 Å². The Morgan fingerprint density at radius 1 is 0.889 bits per heavy atom. The predicted molar refractivity (Wildman–Crippen MR) is 67.1 cm³/mol. The van der Waals surface area contributed by atoms with Crippen molar-refractivity contribution in [2.75, 3.05) is 0 Å². The minimum absolute atomic E-state index is 0.356. The lowest BCUT2D eigenvalue weighted by molar-refractivity contribution is 0.585. The molecule has 3 heteroatoms. The summed E-state index contributed by atoms with van der Waals surface area (Å²) in [5.41, 5.74) is 1.85. The molecule has 1 aromatic heterocycles. The normalized spacial score (nSPS) is 10.8. The third kappa shape index (κ3) is 1.84. The number of pyridine rings is 1. The molecule has 0 fully saturated rings. The molecule has 3 rings (SSSR count). The molecule has 0 spiro atoms. The maximum Gasteiger partial charge on any atom is 0.133 e. The summed E-state index contributed by atoms with van der Waals surface area (Å²) >= 11 is 0. The number of aromatic nitrogens is 1. The van der Waals surface area contributed by atoms with Crippen LogP contribution in [0.15, 0.2) is 54.7 Å². The molecule has 0 aliphatic heterocycles. The zero-order valence-electron chi connectivity index (χ0n) is 9.40. The van der Waals surface area contributed by atoms with Crippen LogP contribution in [0, 0.1) is 11.6 Å². The van der Waals surface area contributed by atoms with Crippen molar-refractivity contribution in [2.24, 2.45) is 0 Å². The summed E-state index contributed by atoms with van der Waals surface area (Å²) in [4.78, 5) is 4.26. The van der Waals surface area contributed by atoms with Gasteiger partial charge < -0.3 is 0 Å². The molecule has 0 atom stereocenters. The molecule has 0 radical (unpaired) electrons. The Hall–Kier alpha value is -2.29. The van der Waals surface area contributed by atoms with E-state index in [0.29, 0.717) is 11.1 Å². The average molecular weight is 241 g/mol. The highest BCUT2D eigenvalue weighted by Crippen LogP contribution is 2.25. The van der Waals surface area contributed by atoms with Crippen LogP contribution in [0.25, 0.3) is 22.0 Å². The third-order valence-electron chi connectivity index (χ3n) is 2.83. The van der Waals surface area contributed by atoms with Gasteiger partial charge in [-0.25, -0.2) is 8.78 Å². The van der Waals surface area contributed by atoms with Gasteiger partial charge in [0, 0.05) is 28.8 Å². The number of fused-ring (bicyclic) bond motifs is 1. The minimum Gasteiger partial charge on any atom is -0.256 e. The summed E-state index contributed by atoms with van der Waals surface area (Å²) in [6.07, 6.45) is 1.60. The monoisotopic (exact) mass is 241 g/mol. The lowest BCUT2D eigenvalue weighted by atomic mass is 10.0. The summed E-state index contributed by atoms with van der Waals surface area (Å²) in [5, 5.41) is 0.929. The van der Waals surface area contributed by atoms with Gasteiger partial charge in [0.05, 0.1) is 5.52 Å². The first-order valence-electron chi connectivity index (χ1n) is 5.54. The summed E-state index contributed by atoms with van der Waals surface area (Å²) in [7, 11) is 0. The van der Waals surface area contributed by atoms with E-state index in [0.717, 1.165) is 17.0 Å². The highest BCUT2D eigenvalue weighted by molar-refractivity contribution is 5.83. The van der Waals surface area contributed by atoms with Gasteiger partial charge in [-0.05, 0) is 24.3 Å². The number of hydrogen-bond acceptors (Lipinski definition) is 1. The van der Waals surface area contributed by atoms with Gasteiger partial charge >= 0.3 is 0 Å². The highest BCUT2D eigenvalue weighted by Gasteiger charge is 2.07. The van der Waals surface area contributed by atoms with Gasteiger partial charge in [0.2, 0.25) is 0 Å². The molecular formula is C15H9F2N. The molecule has 18 heavy (non-hydrogen) atoms. The van der Waals surface area contributed by atoms with Gasteiger partial charge in [-0.3, -0.25) is 4.98 Å². The minimum atomic E-state index is -0.579. The van der Waals surface area contributed by atoms with Crippen LogP contribution < -0.4 is 0 Å². The van der Waals surface area contributed by atoms with E-state index in [-0.39, 0.29) is 0 Å². The fourth-order valence-electron chi connectivity index (χ4n) is 1.94. The zero-order chi connectivity index (χ0) is 12.5. The Morgan fingerprint density at radius 2 is 1.72 bits per heavy atom. The van der Waals surface area contributed by atoms with Gasteiger partial charge in [-0.1, -0.05) is 18.2 Å². The summed E-state index contributed by atoms with van der Waals surface area (Å²) < 4.78 is 26.5. The largest absolute Gasteiger partial charge is 0.256 e. The van der Waals surface area contributed by atoms with Crippen LogP contribution >= 0.6 is 0 Å². The van der Waals surface area contributed by atoms with E-state index in [1.165, 1.54) is 12.1 Å². The fraction of sp³-hybridized carbons (Fsp3) is 0. The van der Waals surface area contributed by atoms with Crippen LogP contribution in [0.4, 0.5) is 8.78 Å². The van der Waals surface area contributed by atoms with E-state index < -0.39 is 11.6 Å². The molecule has 0 aliphatic rings. The lowest BCUT2D eigenvalue weighted by Gasteiger charge is -2.04. The molecular weight excluding hydrogens is 232 g/mol. The molecule has 0 bridgehead atoms. The van der Waals surface area contributed by atoms with E-state index >= 15 is 0 Å². The summed E-state index contributed by atoms with van der Waals surface area (Å²) in [6, 6.07) is 13.0. The molecule has 1 heterocycles. The SMILES string of the molecule is Fc1ccc(-c2cnc3ccccc3c2)c(F)c1. The summed E-state index contributed by atoms with van der Waals surface area (Å²) in [5.74, 6) is -1.16. The third-order valence-corrected chi connectivity index (χ3v) is 2.83. The van der Waals surface area contributed by atoms with Crippen LogP contribution in [0.3, 0.4) is 0 Å². The van der Waals surface area contributed by atoms with Gasteiger partial charge in [-0.2, -0.15) is 0 Å². The van der Waals surface area contributed by atoms with Gasteiger partial charge in [0.1, 0.15) is 11.6 Å². The molecule has 0 unspecified atom stereocenters. The van der Waals surface area contributed by atoms with Crippen LogP contribution in [0.1, 0.15) is 0 Å². The Labute approximate surface area is 103 Å². The lowest BCUT2D eigenvalue weighted by Crippen LogP contribution is -1.88. The number of benzene rings is 2. The van der Waals surface area contributed by atoms with E-state index in [4.69, 9.17) is 0 Å². The Kier molecular flexibility index (Phi) is 2.52. The second kappa shape index (κ2) is 4.18. The number of hydrogen-bond donors (Lipinski definition) is 0. The number of nitrogens with zero attached hydrogens (tertiary/aromatic N) is 1. The maximum atomic E-state index is 13.7. The van der Waals surface area contributed by atoms with E-state index in [2.05, 4.69) is 4.98 Å². The van der Waals surface area contributed by atoms with Crippen molar-refractivity contribution in [3.8, 4) is 11.1 Å². The molecule has 1 nitrogen and oxygen atoms in total. The van der Waals surface area contributed by atoms with Crippen molar-refractivity contribution in [3.63, 3.8) is 0 Å². The number of rotatable bonds is 1. The highest BCUT2D eigenvalue weighted by atomic mass is 19.1. The van der Waals surface area contributed by atoms with Crippen molar-refractivity contribution in [1.29, 1.82) is 0 Å². The van der Waals surface area contributed by atoms with Crippen LogP contribution in [-0.4, -0.2) is 4.98 Å². The van der Waals surface area contributed by atoms with Gasteiger partial charge in [-0.15, -0.1) is 0 Å². The zero-order valence-corrected chi connectivity index (χ0v) is 9.40. The standard InChI is InChI=1S/C15H9F2N/c16-12-5-6-13(14(17)8-12)11-7-10-3-1-2-4-15(10)18-9-11/h1-9H. The first-order chi connectivity index (χ1) is 8.74. The van der Waals surface area contributed by atoms with Crippen molar-refractivity contribution in [2.45, 2.75) is 0 Å². The second-order valence-corrected chi connectivity index (χ2v) is 4.04. The molecule has 3 aromatic rings. The number of halogens is 2. The Bertz CT molecular complexity index is 723. The molecule has 0 saturated heterocycles. The quantitative estimate of drug-likeness (QED) is 0.622. The van der Waals surface area contributed by atoms with Gasteiger partial charge in [0.15, 0.2) is 0 Å². The topological polar surface area (TPSA) is 12.9 Å². The smallest absolute Gasteiger partial charge is 0.133 e. The molecule has 88 valence electrons. The predicted octanol–water partition coefficient (Wildman–Crippen LogP) is 4.18. The molecule has 2 aromatic carbocycles. The van der Waals surface area contributed by atoms with Crippen molar-refractivity contribution in [1.82, 2.24) is 4.98 Å². The van der Waals surface area contributed by atoms with Crippen molar-refractivity contribution >= 4 is 10.9 Å². The van der Waals surface area contributed by atoms with Crippen LogP contribution in [0.5, 0.6) is 0 Å². The first-order valence-corrected chi connectivity index (χ1v) is 5.54. The van der Waals surface area contributed by atoms with Crippen molar-refractivity contribution in [3.05, 3.63) is 66.4 Å². The van der Waals surface area contributed by atoms with Crippen LogP contribution in [0.2, 0.25) is 0 Å². The average Bonchev–Trinajstić information content (AvgIpc) is 2.38. The van der Waals surface area contributed by atoms with E-state index in [1.54, 1.807) is 6.20 Å². The Balaban J connectivity index is 2.19. The van der Waals surface area contributed by atoms with Crippen LogP contribution in [-0.2, 0) is 0 Å². The Morgan fingerprint density at radius 3 is 2.56 bits per heavy atom. The molecule has 0 saturated carbocycles. The number of para-hydroxylation sites is 1. The van der Waals surface area contributed by atoms with E-state index in [9.17, 15) is 8.78 Å². The molecule has 0 amide bonds. The summed E-state index contributed by atoms with van der Waals surface area (Å²) in [6.45, 7) is 0. The fourth-order valence-corrected chi connectivity index (χ4v) is 1.94. The molecule has 0 N–H and O–H groups in total. The molecule has 0 aliphatic carbocycles. The van der Waals surface area contributed by atoms with Crippen molar-refractivity contribution < 1.29 is 8.78 Å². The van der Waals surface area contributed by atoms with Gasteiger partial charge in [0.25, 0.3) is 0 Å². The second-order valence-electron chi connectivity index (χ2n) is 4.04.